The minimum absolute atomic E-state index is 0. The summed E-state index contributed by atoms with van der Waals surface area (Å²) >= 11 is 0. The van der Waals surface area contributed by atoms with Crippen molar-refractivity contribution in [2.45, 2.75) is 26.2 Å². The van der Waals surface area contributed by atoms with Crippen LogP contribution in [0.15, 0.2) is 243 Å². The third-order valence-corrected chi connectivity index (χ3v) is 14.0. The zero-order valence-corrected chi connectivity index (χ0v) is 43.8. The van der Waals surface area contributed by atoms with Crippen molar-refractivity contribution in [2.24, 2.45) is 0 Å². The molecule has 0 saturated carbocycles. The van der Waals surface area contributed by atoms with Crippen LogP contribution in [0.4, 0.5) is 5.69 Å². The van der Waals surface area contributed by atoms with E-state index in [-0.39, 0.29) is 26.5 Å². The Bertz CT molecular complexity index is 3860. The maximum absolute atomic E-state index is 6.95. The molecule has 0 bridgehead atoms. The summed E-state index contributed by atoms with van der Waals surface area (Å²) in [6.45, 7) is 8.85. The van der Waals surface area contributed by atoms with Crippen molar-refractivity contribution in [3.8, 4) is 61.8 Å². The summed E-state index contributed by atoms with van der Waals surface area (Å²) in [6, 6.07) is 85.8. The van der Waals surface area contributed by atoms with Crippen LogP contribution in [0.25, 0.3) is 83.5 Å². The second-order valence-corrected chi connectivity index (χ2v) is 19.6. The molecule has 0 aliphatic carbocycles. The number of rotatable bonds is 10. The summed E-state index contributed by atoms with van der Waals surface area (Å²) in [4.78, 5) is 9.39. The molecule has 2 aliphatic heterocycles. The van der Waals surface area contributed by atoms with Crippen LogP contribution in [0, 0.1) is 18.8 Å². The van der Waals surface area contributed by atoms with Gasteiger partial charge in [-0.15, -0.1) is 41.3 Å². The fourth-order valence-corrected chi connectivity index (χ4v) is 10.5. The minimum Gasteiger partial charge on any atom is -0.503 e. The predicted octanol–water partition coefficient (Wildman–Crippen LogP) is 17.1. The monoisotopic (exact) mass is 1150 g/mol. The van der Waals surface area contributed by atoms with Crippen molar-refractivity contribution in [3.05, 3.63) is 278 Å². The van der Waals surface area contributed by atoms with E-state index in [1.54, 1.807) is 0 Å². The summed E-state index contributed by atoms with van der Waals surface area (Å²) in [5.74, 6) is 2.63. The van der Waals surface area contributed by atoms with Gasteiger partial charge in [-0.1, -0.05) is 208 Å². The van der Waals surface area contributed by atoms with E-state index >= 15 is 0 Å². The van der Waals surface area contributed by atoms with Crippen molar-refractivity contribution in [1.29, 1.82) is 0 Å². The molecule has 9 aromatic carbocycles. The van der Waals surface area contributed by atoms with Gasteiger partial charge < -0.3 is 23.8 Å². The number of pyridine rings is 1. The molecule has 0 radical (unpaired) electrons. The molecule has 0 fully saturated rings. The molecule has 11 aromatic rings. The minimum atomic E-state index is -0.0478. The number of fused-ring (bicyclic) bond motifs is 4. The quantitative estimate of drug-likeness (QED) is 0.128. The Balaban J connectivity index is 0.00000569. The smallest absolute Gasteiger partial charge is 0.184 e. The number of hydrogen-bond acceptors (Lipinski definition) is 5. The number of ether oxygens (including phenoxy) is 2. The molecule has 2 aromatic heterocycles. The number of para-hydroxylation sites is 2. The molecular formula is C68H49N4O2Pt-3. The van der Waals surface area contributed by atoms with Crippen molar-refractivity contribution < 1.29 is 30.5 Å². The van der Waals surface area contributed by atoms with Crippen molar-refractivity contribution in [1.82, 2.24) is 14.5 Å². The van der Waals surface area contributed by atoms with Gasteiger partial charge in [0.05, 0.1) is 12.0 Å². The summed E-state index contributed by atoms with van der Waals surface area (Å²) in [7, 11) is 0. The van der Waals surface area contributed by atoms with Crippen molar-refractivity contribution in [3.63, 3.8) is 0 Å². The van der Waals surface area contributed by atoms with Crippen LogP contribution in [-0.4, -0.2) is 14.5 Å². The van der Waals surface area contributed by atoms with E-state index in [4.69, 9.17) is 14.5 Å². The molecule has 6 nitrogen and oxygen atoms in total. The summed E-state index contributed by atoms with van der Waals surface area (Å²) in [6.07, 6.45) is 3.73. The van der Waals surface area contributed by atoms with E-state index in [9.17, 15) is 0 Å². The van der Waals surface area contributed by atoms with Crippen molar-refractivity contribution >= 4 is 38.9 Å². The van der Waals surface area contributed by atoms with Crippen LogP contribution in [0.1, 0.15) is 37.5 Å². The van der Waals surface area contributed by atoms with Crippen LogP contribution in [0.5, 0.6) is 11.5 Å². The average Bonchev–Trinajstić information content (AvgIpc) is 4.18. The summed E-state index contributed by atoms with van der Waals surface area (Å²) in [5, 5.41) is 2.19. The van der Waals surface area contributed by atoms with Crippen LogP contribution < -0.4 is 9.64 Å². The zero-order chi connectivity index (χ0) is 49.8. The van der Waals surface area contributed by atoms with E-state index in [0.717, 1.165) is 100 Å². The second-order valence-electron chi connectivity index (χ2n) is 19.6. The van der Waals surface area contributed by atoms with Crippen LogP contribution >= 0.6 is 0 Å². The normalized spacial score (nSPS) is 13.2. The van der Waals surface area contributed by atoms with Gasteiger partial charge in [-0.05, 0) is 73.6 Å². The van der Waals surface area contributed by atoms with Crippen LogP contribution in [0.2, 0.25) is 0 Å². The molecule has 0 N–H and O–H groups in total. The molecule has 7 heteroatoms. The van der Waals surface area contributed by atoms with Gasteiger partial charge in [0.25, 0.3) is 0 Å². The Morgan fingerprint density at radius 3 is 1.68 bits per heavy atom. The molecule has 75 heavy (non-hydrogen) atoms. The average molecular weight is 1150 g/mol. The predicted molar refractivity (Wildman–Crippen MR) is 301 cm³/mol. The number of aromatic nitrogens is 2. The van der Waals surface area contributed by atoms with E-state index < -0.39 is 0 Å². The Labute approximate surface area is 452 Å². The van der Waals surface area contributed by atoms with E-state index in [1.807, 2.05) is 30.7 Å². The van der Waals surface area contributed by atoms with Crippen LogP contribution in [0.3, 0.4) is 0 Å². The van der Waals surface area contributed by atoms with Gasteiger partial charge in [-0.2, -0.15) is 12.7 Å². The first-order chi connectivity index (χ1) is 36.4. The zero-order valence-electron chi connectivity index (χ0n) is 41.5. The molecule has 2 aliphatic rings. The molecule has 0 saturated heterocycles. The maximum atomic E-state index is 6.95. The van der Waals surface area contributed by atoms with Gasteiger partial charge >= 0.3 is 0 Å². The number of anilines is 1. The van der Waals surface area contributed by atoms with Gasteiger partial charge in [0.1, 0.15) is 5.82 Å². The van der Waals surface area contributed by atoms with Crippen molar-refractivity contribution in [2.75, 3.05) is 4.90 Å². The van der Waals surface area contributed by atoms with Gasteiger partial charge in [0.15, 0.2) is 5.88 Å². The third-order valence-electron chi connectivity index (χ3n) is 14.0. The summed E-state index contributed by atoms with van der Waals surface area (Å²) < 4.78 is 15.9. The second kappa shape index (κ2) is 19.6. The van der Waals surface area contributed by atoms with E-state index in [2.05, 4.69) is 260 Å². The standard InChI is InChI=1S/C68H49N4O2.Pt/c1-68(2,3)51-39-40-69-63(42-51)72-60-36-17-16-31-58(60)59-38-37-53(43-61(59)72)74-52-30-18-29-50(41-52)62-44-73-67-66(64-54(46-21-8-4-9-22-46)32-19-33-55(64)47-23-10-5-11-24-47)71(45-70(62)67)65-56(48-25-12-6-13-26-48)34-20-35-57(65)49-27-14-7-15-28-49;/h4-40,42,44-45H,1-3H3;/q-3;. The topological polar surface area (TPSA) is 42.8 Å². The van der Waals surface area contributed by atoms with Gasteiger partial charge in [-0.3, -0.25) is 0 Å². The Morgan fingerprint density at radius 2 is 1.07 bits per heavy atom. The first-order valence-corrected chi connectivity index (χ1v) is 25.0. The SMILES string of the molecule is CC(C)(C)c1ccnc(-n2c3[c-]c(Oc4[c-]c(C5=COC6=C(c7c(-c8ccccc8)cccc7-c7ccccc7)N(c7c(-c8ccccc8)cccc7-c7ccccc7)[CH-]N56)ccc4)ccc3c3ccccc32)c1.[Pt]. The first kappa shape index (κ1) is 47.3. The van der Waals surface area contributed by atoms with Gasteiger partial charge in [0.2, 0.25) is 0 Å². The van der Waals surface area contributed by atoms with E-state index in [1.165, 1.54) is 5.56 Å². The van der Waals surface area contributed by atoms with Gasteiger partial charge in [-0.25, -0.2) is 4.98 Å². The Morgan fingerprint density at radius 1 is 0.520 bits per heavy atom. The molecular weight excluding hydrogens is 1100 g/mol. The summed E-state index contributed by atoms with van der Waals surface area (Å²) in [5.41, 5.74) is 16.4. The number of hydrogen-bond donors (Lipinski definition) is 0. The molecule has 0 spiro atoms. The van der Waals surface area contributed by atoms with E-state index in [0.29, 0.717) is 17.4 Å². The van der Waals surface area contributed by atoms with Gasteiger partial charge in [0, 0.05) is 66.7 Å². The van der Waals surface area contributed by atoms with Crippen LogP contribution in [-0.2, 0) is 31.2 Å². The number of nitrogens with zero attached hydrogens (tertiary/aromatic N) is 4. The molecule has 4 heterocycles. The molecule has 0 unspecified atom stereocenters. The largest absolute Gasteiger partial charge is 0.503 e. The Hall–Kier alpha value is -8.70. The Kier molecular flexibility index (Phi) is 12.4. The first-order valence-electron chi connectivity index (χ1n) is 25.0. The third kappa shape index (κ3) is 8.61. The molecule has 0 amide bonds. The fraction of sp³-hybridized carbons (Fsp3) is 0.0588. The maximum Gasteiger partial charge on any atom is 0.184 e. The molecule has 13 rings (SSSR count). The molecule has 0 atom stereocenters. The number of benzene rings is 9. The molecule has 366 valence electrons. The fourth-order valence-electron chi connectivity index (χ4n) is 10.5.